The normalized spacial score (nSPS) is 9.12. The van der Waals surface area contributed by atoms with Gasteiger partial charge in [-0.15, -0.1) is 0 Å². The highest BCUT2D eigenvalue weighted by Gasteiger charge is 1.83. The van der Waals surface area contributed by atoms with Crippen LogP contribution in [0.3, 0.4) is 0 Å². The number of aromatic nitrogens is 1. The monoisotopic (exact) mass is 111 g/mol. The fraction of sp³-hybridized carbons (Fsp3) is 0.200. The Balaban J connectivity index is 2.50. The zero-order valence-corrected chi connectivity index (χ0v) is 4.52. The molecule has 0 fully saturated rings. The third-order valence-corrected chi connectivity index (χ3v) is 0.904. The van der Waals surface area contributed by atoms with E-state index in [1.807, 2.05) is 18.5 Å². The molecule has 4 N–H and O–H groups in total. The smallest absolute Gasteiger partial charge is 0.0628 e. The molecule has 0 radical (unpaired) electrons. The van der Waals surface area contributed by atoms with Crippen molar-refractivity contribution in [1.29, 1.82) is 0 Å². The molecule has 1 aromatic heterocycles. The minimum atomic E-state index is 0.484. The van der Waals surface area contributed by atoms with E-state index in [2.05, 4.69) is 10.3 Å². The second-order valence-electron chi connectivity index (χ2n) is 1.48. The molecule has 0 bridgehead atoms. The van der Waals surface area contributed by atoms with Crippen molar-refractivity contribution >= 4 is 5.69 Å². The topological polar surface area (TPSA) is 53.8 Å². The van der Waals surface area contributed by atoms with Gasteiger partial charge in [0, 0.05) is 12.4 Å². The minimum absolute atomic E-state index is 0.484. The first-order valence-electron chi connectivity index (χ1n) is 2.50. The van der Waals surface area contributed by atoms with Crippen molar-refractivity contribution in [3.8, 4) is 0 Å². The number of nitrogens with two attached hydrogens (primary N) is 1. The predicted molar refractivity (Wildman–Crippen MR) is 33.5 cm³/mol. The summed E-state index contributed by atoms with van der Waals surface area (Å²) < 4.78 is 0. The number of aromatic amines is 1. The fourth-order valence-electron chi connectivity index (χ4n) is 0.552. The van der Waals surface area contributed by atoms with Crippen LogP contribution in [-0.4, -0.2) is 11.7 Å². The third kappa shape index (κ3) is 1.01. The van der Waals surface area contributed by atoms with E-state index in [9.17, 15) is 0 Å². The van der Waals surface area contributed by atoms with Gasteiger partial charge in [0.25, 0.3) is 0 Å². The van der Waals surface area contributed by atoms with Crippen LogP contribution in [0.4, 0.5) is 5.69 Å². The lowest BCUT2D eigenvalue weighted by molar-refractivity contribution is 1.14. The predicted octanol–water partition coefficient (Wildman–Crippen LogP) is 0.343. The third-order valence-electron chi connectivity index (χ3n) is 0.904. The Morgan fingerprint density at radius 1 is 1.75 bits per heavy atom. The van der Waals surface area contributed by atoms with Crippen LogP contribution in [0.1, 0.15) is 0 Å². The SMILES string of the molecule is NCNc1cc[nH]c1. The van der Waals surface area contributed by atoms with Crippen LogP contribution in [0.2, 0.25) is 0 Å². The summed E-state index contributed by atoms with van der Waals surface area (Å²) >= 11 is 0. The van der Waals surface area contributed by atoms with E-state index >= 15 is 0 Å². The average molecular weight is 111 g/mol. The zero-order valence-electron chi connectivity index (χ0n) is 4.52. The largest absolute Gasteiger partial charge is 0.371 e. The van der Waals surface area contributed by atoms with Gasteiger partial charge in [-0.3, -0.25) is 0 Å². The second kappa shape index (κ2) is 2.37. The first-order chi connectivity index (χ1) is 3.93. The van der Waals surface area contributed by atoms with Gasteiger partial charge in [-0.05, 0) is 6.07 Å². The van der Waals surface area contributed by atoms with Gasteiger partial charge in [-0.1, -0.05) is 0 Å². The van der Waals surface area contributed by atoms with E-state index in [0.717, 1.165) is 5.69 Å². The fourth-order valence-corrected chi connectivity index (χ4v) is 0.552. The van der Waals surface area contributed by atoms with Gasteiger partial charge in [-0.2, -0.15) is 0 Å². The first-order valence-corrected chi connectivity index (χ1v) is 2.50. The number of nitrogens with one attached hydrogen (secondary N) is 2. The Morgan fingerprint density at radius 3 is 3.12 bits per heavy atom. The summed E-state index contributed by atoms with van der Waals surface area (Å²) in [6.07, 6.45) is 3.70. The van der Waals surface area contributed by atoms with Crippen molar-refractivity contribution in [1.82, 2.24) is 4.98 Å². The number of hydrogen-bond acceptors (Lipinski definition) is 2. The van der Waals surface area contributed by atoms with Crippen molar-refractivity contribution in [3.63, 3.8) is 0 Å². The standard InChI is InChI=1S/C5H9N3/c6-4-8-5-1-2-7-3-5/h1-3,7-8H,4,6H2. The highest BCUT2D eigenvalue weighted by molar-refractivity contribution is 5.39. The molecule has 1 rings (SSSR count). The molecule has 0 amide bonds. The molecule has 1 heterocycles. The van der Waals surface area contributed by atoms with Crippen molar-refractivity contribution < 1.29 is 0 Å². The summed E-state index contributed by atoms with van der Waals surface area (Å²) in [6, 6.07) is 1.92. The van der Waals surface area contributed by atoms with Gasteiger partial charge < -0.3 is 16.0 Å². The van der Waals surface area contributed by atoms with Gasteiger partial charge >= 0.3 is 0 Å². The Hall–Kier alpha value is -0.960. The van der Waals surface area contributed by atoms with Crippen LogP contribution in [0.25, 0.3) is 0 Å². The van der Waals surface area contributed by atoms with Gasteiger partial charge in [0.05, 0.1) is 12.4 Å². The van der Waals surface area contributed by atoms with E-state index in [1.54, 1.807) is 0 Å². The van der Waals surface area contributed by atoms with Crippen molar-refractivity contribution in [2.24, 2.45) is 5.73 Å². The number of hydrogen-bond donors (Lipinski definition) is 3. The van der Waals surface area contributed by atoms with Crippen LogP contribution in [0.15, 0.2) is 18.5 Å². The molecule has 44 valence electrons. The summed E-state index contributed by atoms with van der Waals surface area (Å²) in [5, 5.41) is 2.93. The van der Waals surface area contributed by atoms with Gasteiger partial charge in [0.1, 0.15) is 0 Å². The average Bonchev–Trinajstić information content (AvgIpc) is 2.19. The zero-order chi connectivity index (χ0) is 5.82. The summed E-state index contributed by atoms with van der Waals surface area (Å²) in [4.78, 5) is 2.90. The first kappa shape index (κ1) is 5.18. The Labute approximate surface area is 47.9 Å². The van der Waals surface area contributed by atoms with Crippen LogP contribution < -0.4 is 11.1 Å². The molecular weight excluding hydrogens is 102 g/mol. The molecule has 0 aliphatic rings. The van der Waals surface area contributed by atoms with Crippen LogP contribution in [-0.2, 0) is 0 Å². The molecule has 0 saturated heterocycles. The molecule has 0 saturated carbocycles. The van der Waals surface area contributed by atoms with Gasteiger partial charge in [0.15, 0.2) is 0 Å². The highest BCUT2D eigenvalue weighted by Crippen LogP contribution is 2.00. The lowest BCUT2D eigenvalue weighted by Gasteiger charge is -1.93. The van der Waals surface area contributed by atoms with Gasteiger partial charge in [-0.25, -0.2) is 0 Å². The molecule has 3 heteroatoms. The Kier molecular flexibility index (Phi) is 1.54. The number of rotatable bonds is 2. The Morgan fingerprint density at radius 2 is 2.62 bits per heavy atom. The van der Waals surface area contributed by atoms with Crippen molar-refractivity contribution in [2.45, 2.75) is 0 Å². The molecule has 1 aromatic rings. The maximum Gasteiger partial charge on any atom is 0.0628 e. The lowest BCUT2D eigenvalue weighted by atomic mass is 10.5. The molecule has 0 aromatic carbocycles. The second-order valence-corrected chi connectivity index (χ2v) is 1.48. The van der Waals surface area contributed by atoms with E-state index in [0.29, 0.717) is 6.67 Å². The Bertz CT molecular complexity index is 133. The van der Waals surface area contributed by atoms with Crippen LogP contribution in [0, 0.1) is 0 Å². The maximum absolute atomic E-state index is 5.19. The highest BCUT2D eigenvalue weighted by atomic mass is 15.0. The quantitative estimate of drug-likeness (QED) is 0.482. The molecule has 0 atom stereocenters. The summed E-state index contributed by atoms with van der Waals surface area (Å²) in [5.41, 5.74) is 6.23. The van der Waals surface area contributed by atoms with E-state index < -0.39 is 0 Å². The van der Waals surface area contributed by atoms with Crippen molar-refractivity contribution in [3.05, 3.63) is 18.5 Å². The number of anilines is 1. The van der Waals surface area contributed by atoms with Crippen molar-refractivity contribution in [2.75, 3.05) is 12.0 Å². The minimum Gasteiger partial charge on any atom is -0.371 e. The van der Waals surface area contributed by atoms with E-state index in [1.165, 1.54) is 0 Å². The summed E-state index contributed by atoms with van der Waals surface area (Å²) in [6.45, 7) is 0.484. The molecule has 0 spiro atoms. The van der Waals surface area contributed by atoms with Crippen LogP contribution in [0.5, 0.6) is 0 Å². The number of H-pyrrole nitrogens is 1. The summed E-state index contributed by atoms with van der Waals surface area (Å²) in [5.74, 6) is 0. The van der Waals surface area contributed by atoms with Gasteiger partial charge in [0.2, 0.25) is 0 Å². The molecular formula is C5H9N3. The molecule has 8 heavy (non-hydrogen) atoms. The molecule has 3 nitrogen and oxygen atoms in total. The molecule has 0 unspecified atom stereocenters. The van der Waals surface area contributed by atoms with Crippen LogP contribution >= 0.6 is 0 Å². The lowest BCUT2D eigenvalue weighted by Crippen LogP contribution is -2.09. The summed E-state index contributed by atoms with van der Waals surface area (Å²) in [7, 11) is 0. The maximum atomic E-state index is 5.19. The molecule has 0 aliphatic heterocycles. The van der Waals surface area contributed by atoms with E-state index in [4.69, 9.17) is 5.73 Å². The van der Waals surface area contributed by atoms with E-state index in [-0.39, 0.29) is 0 Å². The molecule has 0 aliphatic carbocycles.